The zero-order valence-electron chi connectivity index (χ0n) is 13.7. The second kappa shape index (κ2) is 8.70. The smallest absolute Gasteiger partial charge is 0.305 e. The van der Waals surface area contributed by atoms with Gasteiger partial charge in [0.1, 0.15) is 19.3 Å². The summed E-state index contributed by atoms with van der Waals surface area (Å²) >= 11 is 0. The summed E-state index contributed by atoms with van der Waals surface area (Å²) in [7, 11) is 0. The molecular weight excluding hydrogens is 343 g/mol. The SMILES string of the molecule is O=C(O)CC(NC(=O)Cn1cccc(-c2ccccc2)c1=O)C(=O)CF. The van der Waals surface area contributed by atoms with E-state index in [9.17, 15) is 23.6 Å². The van der Waals surface area contributed by atoms with Gasteiger partial charge in [-0.25, -0.2) is 4.39 Å². The number of aromatic nitrogens is 1. The minimum atomic E-state index is -1.47. The topological polar surface area (TPSA) is 105 Å². The van der Waals surface area contributed by atoms with Crippen LogP contribution in [0.2, 0.25) is 0 Å². The average molecular weight is 360 g/mol. The Hall–Kier alpha value is -3.29. The van der Waals surface area contributed by atoms with Gasteiger partial charge in [-0.15, -0.1) is 0 Å². The molecule has 2 N–H and O–H groups in total. The Morgan fingerprint density at radius 1 is 1.12 bits per heavy atom. The van der Waals surface area contributed by atoms with E-state index < -0.39 is 48.9 Å². The summed E-state index contributed by atoms with van der Waals surface area (Å²) in [6, 6.07) is 10.6. The van der Waals surface area contributed by atoms with Gasteiger partial charge in [-0.1, -0.05) is 30.3 Å². The number of hydrogen-bond donors (Lipinski definition) is 2. The fourth-order valence-electron chi connectivity index (χ4n) is 2.41. The normalized spacial score (nSPS) is 11.6. The number of alkyl halides is 1. The molecule has 0 aliphatic rings. The van der Waals surface area contributed by atoms with Crippen molar-refractivity contribution in [3.8, 4) is 11.1 Å². The molecule has 0 saturated heterocycles. The number of aliphatic carboxylic acids is 1. The fraction of sp³-hybridized carbons (Fsp3) is 0.222. The summed E-state index contributed by atoms with van der Waals surface area (Å²) in [5.41, 5.74) is 0.659. The van der Waals surface area contributed by atoms with Gasteiger partial charge < -0.3 is 15.0 Å². The lowest BCUT2D eigenvalue weighted by atomic mass is 10.1. The molecule has 2 aromatic rings. The minimum Gasteiger partial charge on any atom is -0.481 e. The number of halogens is 1. The van der Waals surface area contributed by atoms with Gasteiger partial charge in [0.2, 0.25) is 5.91 Å². The molecule has 1 amide bonds. The molecule has 0 aliphatic carbocycles. The average Bonchev–Trinajstić information content (AvgIpc) is 2.62. The van der Waals surface area contributed by atoms with Crippen molar-refractivity contribution in [3.63, 3.8) is 0 Å². The second-order valence-electron chi connectivity index (χ2n) is 5.54. The zero-order valence-corrected chi connectivity index (χ0v) is 13.7. The van der Waals surface area contributed by atoms with Crippen LogP contribution in [-0.2, 0) is 20.9 Å². The highest BCUT2D eigenvalue weighted by molar-refractivity contribution is 5.92. The summed E-state index contributed by atoms with van der Waals surface area (Å²) in [6.45, 7) is -1.81. The molecule has 1 unspecified atom stereocenters. The van der Waals surface area contributed by atoms with Crippen molar-refractivity contribution in [2.45, 2.75) is 19.0 Å². The molecule has 0 spiro atoms. The molecule has 1 aromatic heterocycles. The van der Waals surface area contributed by atoms with Gasteiger partial charge in [0.05, 0.1) is 6.42 Å². The number of Topliss-reactive ketones (excluding diaryl/α,β-unsaturated/α-hetero) is 1. The first kappa shape index (κ1) is 19.0. The highest BCUT2D eigenvalue weighted by Crippen LogP contribution is 2.13. The predicted octanol–water partition coefficient (Wildman–Crippen LogP) is 1.01. The number of carbonyl (C=O) groups excluding carboxylic acids is 2. The maximum absolute atomic E-state index is 12.5. The lowest BCUT2D eigenvalue weighted by molar-refractivity contribution is -0.140. The zero-order chi connectivity index (χ0) is 19.1. The first-order valence-corrected chi connectivity index (χ1v) is 7.77. The third-order valence-corrected chi connectivity index (χ3v) is 3.65. The maximum atomic E-state index is 12.5. The molecule has 136 valence electrons. The van der Waals surface area contributed by atoms with Crippen LogP contribution in [0.5, 0.6) is 0 Å². The highest BCUT2D eigenvalue weighted by atomic mass is 19.1. The van der Waals surface area contributed by atoms with Crippen molar-refractivity contribution in [2.24, 2.45) is 0 Å². The molecule has 1 heterocycles. The summed E-state index contributed by atoms with van der Waals surface area (Å²) in [5, 5.41) is 10.9. The molecular formula is C18H17FN2O5. The van der Waals surface area contributed by atoms with E-state index in [1.165, 1.54) is 6.20 Å². The van der Waals surface area contributed by atoms with Crippen molar-refractivity contribution in [2.75, 3.05) is 6.67 Å². The molecule has 0 fully saturated rings. The molecule has 1 aromatic carbocycles. The Morgan fingerprint density at radius 2 is 1.81 bits per heavy atom. The number of hydrogen-bond acceptors (Lipinski definition) is 4. The number of carboxylic acid groups (broad SMARTS) is 1. The third-order valence-electron chi connectivity index (χ3n) is 3.65. The summed E-state index contributed by atoms with van der Waals surface area (Å²) in [6.07, 6.45) is 0.672. The van der Waals surface area contributed by atoms with E-state index in [1.807, 2.05) is 6.07 Å². The van der Waals surface area contributed by atoms with Crippen LogP contribution in [0, 0.1) is 0 Å². The van der Waals surface area contributed by atoms with Crippen LogP contribution in [0.3, 0.4) is 0 Å². The van der Waals surface area contributed by atoms with Gasteiger partial charge in [-0.05, 0) is 17.7 Å². The lowest BCUT2D eigenvalue weighted by Gasteiger charge is -2.15. The Labute approximate surface area is 148 Å². The first-order valence-electron chi connectivity index (χ1n) is 7.77. The Morgan fingerprint density at radius 3 is 2.42 bits per heavy atom. The van der Waals surface area contributed by atoms with Gasteiger partial charge >= 0.3 is 5.97 Å². The monoisotopic (exact) mass is 360 g/mol. The van der Waals surface area contributed by atoms with E-state index in [2.05, 4.69) is 5.32 Å². The number of nitrogens with zero attached hydrogens (tertiary/aromatic N) is 1. The number of rotatable bonds is 8. The number of amides is 1. The van der Waals surface area contributed by atoms with E-state index >= 15 is 0 Å². The quantitative estimate of drug-likeness (QED) is 0.731. The van der Waals surface area contributed by atoms with Gasteiger partial charge in [-0.2, -0.15) is 0 Å². The Kier molecular flexibility index (Phi) is 6.37. The van der Waals surface area contributed by atoms with E-state index in [0.717, 1.165) is 4.57 Å². The van der Waals surface area contributed by atoms with E-state index in [1.54, 1.807) is 36.4 Å². The molecule has 0 radical (unpaired) electrons. The standard InChI is InChI=1S/C18H17FN2O5/c19-10-15(22)14(9-17(24)25)20-16(23)11-21-8-4-7-13(18(21)26)12-5-2-1-3-6-12/h1-8,14H,9-11H2,(H,20,23)(H,24,25). The van der Waals surface area contributed by atoms with E-state index in [-0.39, 0.29) is 0 Å². The van der Waals surface area contributed by atoms with Gasteiger partial charge in [0.25, 0.3) is 5.56 Å². The maximum Gasteiger partial charge on any atom is 0.305 e. The molecule has 2 rings (SSSR count). The molecule has 8 heteroatoms. The van der Waals surface area contributed by atoms with Crippen molar-refractivity contribution >= 4 is 17.7 Å². The predicted molar refractivity (Wildman–Crippen MR) is 91.3 cm³/mol. The Balaban J connectivity index is 2.17. The van der Waals surface area contributed by atoms with E-state index in [0.29, 0.717) is 11.1 Å². The van der Waals surface area contributed by atoms with Gasteiger partial charge in [-0.3, -0.25) is 19.2 Å². The molecule has 0 saturated carbocycles. The third kappa shape index (κ3) is 4.85. The van der Waals surface area contributed by atoms with Crippen molar-refractivity contribution in [1.82, 2.24) is 9.88 Å². The van der Waals surface area contributed by atoms with Crippen LogP contribution in [-0.4, -0.2) is 40.0 Å². The van der Waals surface area contributed by atoms with Crippen molar-refractivity contribution in [1.29, 1.82) is 0 Å². The number of ketones is 1. The molecule has 26 heavy (non-hydrogen) atoms. The number of carboxylic acids is 1. The van der Waals surface area contributed by atoms with Gasteiger partial charge in [0.15, 0.2) is 5.78 Å². The molecule has 1 atom stereocenters. The summed E-state index contributed by atoms with van der Waals surface area (Å²) in [5.74, 6) is -3.14. The van der Waals surface area contributed by atoms with Gasteiger partial charge in [0, 0.05) is 11.8 Å². The van der Waals surface area contributed by atoms with E-state index in [4.69, 9.17) is 5.11 Å². The number of carbonyl (C=O) groups is 3. The fourth-order valence-corrected chi connectivity index (χ4v) is 2.41. The first-order chi connectivity index (χ1) is 12.4. The Bertz CT molecular complexity index is 863. The van der Waals surface area contributed by atoms with Crippen LogP contribution in [0.1, 0.15) is 6.42 Å². The number of pyridine rings is 1. The van der Waals surface area contributed by atoms with Crippen LogP contribution in [0.25, 0.3) is 11.1 Å². The largest absolute Gasteiger partial charge is 0.481 e. The summed E-state index contributed by atoms with van der Waals surface area (Å²) in [4.78, 5) is 46.8. The van der Waals surface area contributed by atoms with Crippen molar-refractivity contribution < 1.29 is 23.9 Å². The number of benzene rings is 1. The highest BCUT2D eigenvalue weighted by Gasteiger charge is 2.23. The number of nitrogens with one attached hydrogen (secondary N) is 1. The second-order valence-corrected chi connectivity index (χ2v) is 5.54. The lowest BCUT2D eigenvalue weighted by Crippen LogP contribution is -2.45. The molecule has 0 bridgehead atoms. The molecule has 0 aliphatic heterocycles. The van der Waals surface area contributed by atoms with Crippen LogP contribution >= 0.6 is 0 Å². The minimum absolute atomic E-state index is 0.392. The molecule has 7 nitrogen and oxygen atoms in total. The summed E-state index contributed by atoms with van der Waals surface area (Å²) < 4.78 is 13.7. The van der Waals surface area contributed by atoms with Crippen molar-refractivity contribution in [3.05, 3.63) is 59.0 Å². The van der Waals surface area contributed by atoms with Crippen LogP contribution in [0.4, 0.5) is 4.39 Å². The van der Waals surface area contributed by atoms with Crippen LogP contribution < -0.4 is 10.9 Å². The van der Waals surface area contributed by atoms with Crippen LogP contribution in [0.15, 0.2) is 53.5 Å².